The minimum absolute atomic E-state index is 0.190. The summed E-state index contributed by atoms with van der Waals surface area (Å²) in [5, 5.41) is 4.05. The number of ether oxygens (including phenoxy) is 1. The molecule has 0 saturated carbocycles. The molecule has 3 atom stereocenters. The van der Waals surface area contributed by atoms with Gasteiger partial charge in [0.15, 0.2) is 6.61 Å². The number of hydrogen-bond donors (Lipinski definition) is 2. The Morgan fingerprint density at radius 1 is 0.913 bits per heavy atom. The standard InChI is InChI=1S/C33H22F3N3O5S2/c34-33(35,36)18-9-6-10-19(15-18)39-30(41)26-25(27-29(38-32(43)46-27)45-28(26)31(39)42)21-12-3-4-14-23(21)44-16-24(40)37-22-13-5-8-17-7-1-2-11-20(17)22/h1-15,25-26,28H,16H2,(H,37,40)(H,38,43)/t25-,26-,28+/m0/s1. The van der Waals surface area contributed by atoms with E-state index in [1.807, 2.05) is 36.4 Å². The van der Waals surface area contributed by atoms with Crippen LogP contribution >= 0.6 is 23.1 Å². The van der Waals surface area contributed by atoms with Gasteiger partial charge >= 0.3 is 11.0 Å². The molecule has 232 valence electrons. The molecule has 3 amide bonds. The van der Waals surface area contributed by atoms with Gasteiger partial charge in [0.05, 0.1) is 22.2 Å². The quantitative estimate of drug-likeness (QED) is 0.203. The van der Waals surface area contributed by atoms with Gasteiger partial charge in [0.1, 0.15) is 11.0 Å². The highest BCUT2D eigenvalue weighted by Crippen LogP contribution is 2.54. The normalized spacial score (nSPS) is 19.2. The predicted octanol–water partition coefficient (Wildman–Crippen LogP) is 6.42. The Hall–Kier alpha value is -4.88. The molecular weight excluding hydrogens is 640 g/mol. The van der Waals surface area contributed by atoms with Crippen LogP contribution in [-0.2, 0) is 20.6 Å². The highest BCUT2D eigenvalue weighted by molar-refractivity contribution is 8.00. The fraction of sp³-hybridized carbons (Fsp3) is 0.152. The van der Waals surface area contributed by atoms with Gasteiger partial charge in [-0.3, -0.25) is 19.2 Å². The number of carbonyl (C=O) groups excluding carboxylic acids is 3. The number of amides is 3. The topological polar surface area (TPSA) is 109 Å². The van der Waals surface area contributed by atoms with Crippen LogP contribution in [0.3, 0.4) is 0 Å². The van der Waals surface area contributed by atoms with Crippen LogP contribution in [-0.4, -0.2) is 34.6 Å². The number of thiazole rings is 1. The minimum Gasteiger partial charge on any atom is -0.483 e. The number of H-pyrrole nitrogens is 1. The van der Waals surface area contributed by atoms with Gasteiger partial charge in [-0.25, -0.2) is 4.90 Å². The smallest absolute Gasteiger partial charge is 0.416 e. The van der Waals surface area contributed by atoms with Crippen molar-refractivity contribution in [1.29, 1.82) is 0 Å². The van der Waals surface area contributed by atoms with Crippen LogP contribution in [0.15, 0.2) is 101 Å². The fourth-order valence-electron chi connectivity index (χ4n) is 5.96. The Kier molecular flexibility index (Phi) is 7.44. The molecule has 5 aromatic rings. The molecule has 0 unspecified atom stereocenters. The molecule has 1 aromatic heterocycles. The molecule has 13 heteroatoms. The van der Waals surface area contributed by atoms with Gasteiger partial charge in [-0.05, 0) is 35.7 Å². The lowest BCUT2D eigenvalue weighted by molar-refractivity contribution is -0.137. The molecule has 1 fully saturated rings. The first-order chi connectivity index (χ1) is 22.1. The van der Waals surface area contributed by atoms with Crippen LogP contribution in [0.4, 0.5) is 24.5 Å². The summed E-state index contributed by atoms with van der Waals surface area (Å²) in [5.41, 5.74) is -0.114. The zero-order chi connectivity index (χ0) is 32.2. The first-order valence-electron chi connectivity index (χ1n) is 14.0. The summed E-state index contributed by atoms with van der Waals surface area (Å²) in [6.45, 7) is -0.380. The maximum atomic E-state index is 14.0. The average molecular weight is 662 g/mol. The van der Waals surface area contributed by atoms with Crippen molar-refractivity contribution in [3.05, 3.63) is 117 Å². The number of alkyl halides is 3. The average Bonchev–Trinajstić information content (AvgIpc) is 3.54. The molecule has 0 radical (unpaired) electrons. The van der Waals surface area contributed by atoms with Crippen molar-refractivity contribution in [2.45, 2.75) is 22.4 Å². The highest BCUT2D eigenvalue weighted by atomic mass is 32.2. The van der Waals surface area contributed by atoms with E-state index in [9.17, 15) is 32.3 Å². The van der Waals surface area contributed by atoms with Crippen LogP contribution in [0.1, 0.15) is 21.9 Å². The SMILES string of the molecule is O=C(COc1ccccc1[C@@H]1c2sc(=O)[nH]c2S[C@H]2C(=O)N(c3cccc(C(F)(F)F)c3)C(=O)[C@@H]12)Nc1cccc2ccccc12. The molecule has 8 nitrogen and oxygen atoms in total. The molecule has 3 heterocycles. The van der Waals surface area contributed by atoms with E-state index < -0.39 is 46.5 Å². The van der Waals surface area contributed by atoms with Gasteiger partial charge in [-0.1, -0.05) is 83.8 Å². The number of anilines is 2. The largest absolute Gasteiger partial charge is 0.483 e. The molecule has 0 aliphatic carbocycles. The lowest BCUT2D eigenvalue weighted by Crippen LogP contribution is -2.32. The second kappa shape index (κ2) is 11.5. The Morgan fingerprint density at radius 3 is 2.48 bits per heavy atom. The number of benzene rings is 4. The van der Waals surface area contributed by atoms with Gasteiger partial charge in [-0.15, -0.1) is 0 Å². The van der Waals surface area contributed by atoms with E-state index in [0.717, 1.165) is 57.0 Å². The van der Waals surface area contributed by atoms with Crippen molar-refractivity contribution < 1.29 is 32.3 Å². The molecule has 2 aliphatic rings. The van der Waals surface area contributed by atoms with Crippen molar-refractivity contribution in [3.8, 4) is 5.75 Å². The molecule has 1 saturated heterocycles. The van der Waals surface area contributed by atoms with Crippen molar-refractivity contribution in [3.63, 3.8) is 0 Å². The molecule has 46 heavy (non-hydrogen) atoms. The summed E-state index contributed by atoms with van der Waals surface area (Å²) in [5.74, 6) is -3.46. The first kappa shape index (κ1) is 29.8. The Bertz CT molecular complexity index is 2090. The maximum Gasteiger partial charge on any atom is 0.416 e. The lowest BCUT2D eigenvalue weighted by atomic mass is 9.82. The van der Waals surface area contributed by atoms with Crippen molar-refractivity contribution >= 4 is 63.0 Å². The Labute approximate surface area is 267 Å². The van der Waals surface area contributed by atoms with Crippen molar-refractivity contribution in [1.82, 2.24) is 4.98 Å². The zero-order valence-corrected chi connectivity index (χ0v) is 25.2. The summed E-state index contributed by atoms with van der Waals surface area (Å²) in [6.07, 6.45) is -4.67. The van der Waals surface area contributed by atoms with Crippen molar-refractivity contribution in [2.75, 3.05) is 16.8 Å². The van der Waals surface area contributed by atoms with Crippen LogP contribution < -0.4 is 19.8 Å². The van der Waals surface area contributed by atoms with Crippen LogP contribution in [0, 0.1) is 5.92 Å². The van der Waals surface area contributed by atoms with Crippen LogP contribution in [0.2, 0.25) is 0 Å². The van der Waals surface area contributed by atoms with E-state index in [0.29, 0.717) is 21.2 Å². The summed E-state index contributed by atoms with van der Waals surface area (Å²) in [6, 6.07) is 23.9. The van der Waals surface area contributed by atoms with E-state index in [4.69, 9.17) is 4.74 Å². The van der Waals surface area contributed by atoms with E-state index in [-0.39, 0.29) is 22.9 Å². The number of carbonyl (C=O) groups is 3. The van der Waals surface area contributed by atoms with Gasteiger partial charge in [0.2, 0.25) is 11.8 Å². The van der Waals surface area contributed by atoms with Crippen LogP contribution in [0.5, 0.6) is 5.75 Å². The number of imide groups is 1. The minimum atomic E-state index is -4.67. The van der Waals surface area contributed by atoms with E-state index in [1.165, 1.54) is 6.07 Å². The fourth-order valence-corrected chi connectivity index (χ4v) is 8.47. The molecule has 0 bridgehead atoms. The molecule has 2 N–H and O–H groups in total. The summed E-state index contributed by atoms with van der Waals surface area (Å²) < 4.78 is 46.5. The Balaban J connectivity index is 1.21. The summed E-state index contributed by atoms with van der Waals surface area (Å²) in [7, 11) is 0. The molecular formula is C33H22F3N3O5S2. The highest BCUT2D eigenvalue weighted by Gasteiger charge is 2.57. The van der Waals surface area contributed by atoms with E-state index in [2.05, 4.69) is 10.3 Å². The Morgan fingerprint density at radius 2 is 1.65 bits per heavy atom. The van der Waals surface area contributed by atoms with Gasteiger partial charge in [0.25, 0.3) is 5.91 Å². The van der Waals surface area contributed by atoms with Gasteiger partial charge in [0, 0.05) is 27.4 Å². The zero-order valence-electron chi connectivity index (χ0n) is 23.5. The maximum absolute atomic E-state index is 14.0. The third-order valence-corrected chi connectivity index (χ3v) is 10.3. The number of hydrogen-bond acceptors (Lipinski definition) is 7. The predicted molar refractivity (Wildman–Crippen MR) is 168 cm³/mol. The monoisotopic (exact) mass is 661 g/mol. The lowest BCUT2D eigenvalue weighted by Gasteiger charge is -2.30. The third-order valence-electron chi connectivity index (χ3n) is 7.93. The number of halogens is 3. The third kappa shape index (κ3) is 5.24. The number of para-hydroxylation sites is 1. The van der Waals surface area contributed by atoms with E-state index in [1.54, 1.807) is 30.3 Å². The number of nitrogens with zero attached hydrogens (tertiary/aromatic N) is 1. The molecule has 2 aliphatic heterocycles. The molecule has 0 spiro atoms. The van der Waals surface area contributed by atoms with Crippen molar-refractivity contribution in [2.24, 2.45) is 5.92 Å². The number of thioether (sulfide) groups is 1. The summed E-state index contributed by atoms with van der Waals surface area (Å²) in [4.78, 5) is 56.9. The molecule has 7 rings (SSSR count). The second-order valence-electron chi connectivity index (χ2n) is 10.7. The van der Waals surface area contributed by atoms with E-state index >= 15 is 0 Å². The number of rotatable bonds is 6. The number of fused-ring (bicyclic) bond motifs is 3. The molecule has 4 aromatic carbocycles. The number of aromatic nitrogens is 1. The van der Waals surface area contributed by atoms with Crippen LogP contribution in [0.25, 0.3) is 10.8 Å². The number of nitrogens with one attached hydrogen (secondary N) is 2. The first-order valence-corrected chi connectivity index (χ1v) is 15.7. The second-order valence-corrected chi connectivity index (χ2v) is 12.9. The number of aromatic amines is 1. The van der Waals surface area contributed by atoms with Gasteiger partial charge < -0.3 is 15.0 Å². The van der Waals surface area contributed by atoms with Gasteiger partial charge in [-0.2, -0.15) is 13.2 Å². The summed E-state index contributed by atoms with van der Waals surface area (Å²) >= 11 is 1.90.